The summed E-state index contributed by atoms with van der Waals surface area (Å²) in [5.41, 5.74) is -1.40. The van der Waals surface area contributed by atoms with Gasteiger partial charge in [0, 0.05) is 5.02 Å². The Bertz CT molecular complexity index is 781. The number of anilines is 1. The van der Waals surface area contributed by atoms with Gasteiger partial charge >= 0.3 is 6.18 Å². The first kappa shape index (κ1) is 19.9. The van der Waals surface area contributed by atoms with E-state index in [0.717, 1.165) is 12.1 Å². The molecule has 0 fully saturated rings. The number of nitrogens with one attached hydrogen (secondary N) is 1. The molecule has 140 valence electrons. The zero-order chi connectivity index (χ0) is 19.3. The SMILES string of the molecule is CCC(Oc1ccccc1OC)C(=O)Nc1ccc(Cl)cc1C(F)(F)F. The standard InChI is InChI=1S/C18H17ClF3NO3/c1-3-14(26-16-7-5-4-6-15(16)25-2)17(24)23-13-9-8-11(19)10-12(13)18(20,21)22/h4-10,14H,3H2,1-2H3,(H,23,24). The molecule has 0 aromatic heterocycles. The van der Waals surface area contributed by atoms with Gasteiger partial charge in [-0.1, -0.05) is 30.7 Å². The molecule has 2 aromatic rings. The summed E-state index contributed by atoms with van der Waals surface area (Å²) in [6, 6.07) is 9.84. The number of hydrogen-bond acceptors (Lipinski definition) is 3. The number of alkyl halides is 3. The van der Waals surface area contributed by atoms with Gasteiger partial charge in [0.15, 0.2) is 17.6 Å². The van der Waals surface area contributed by atoms with E-state index in [-0.39, 0.29) is 17.1 Å². The number of amides is 1. The van der Waals surface area contributed by atoms with Crippen molar-refractivity contribution in [1.29, 1.82) is 0 Å². The van der Waals surface area contributed by atoms with Gasteiger partial charge in [-0.05, 0) is 36.8 Å². The summed E-state index contributed by atoms with van der Waals surface area (Å²) < 4.78 is 50.2. The first-order valence-corrected chi connectivity index (χ1v) is 8.11. The molecule has 0 spiro atoms. The topological polar surface area (TPSA) is 47.6 Å². The lowest BCUT2D eigenvalue weighted by atomic mass is 10.1. The molecule has 0 aliphatic carbocycles. The van der Waals surface area contributed by atoms with Gasteiger partial charge in [-0.15, -0.1) is 0 Å². The third kappa shape index (κ3) is 4.82. The molecule has 4 nitrogen and oxygen atoms in total. The van der Waals surface area contributed by atoms with Crippen LogP contribution in [-0.2, 0) is 11.0 Å². The van der Waals surface area contributed by atoms with Crippen molar-refractivity contribution in [2.45, 2.75) is 25.6 Å². The van der Waals surface area contributed by atoms with Crippen LogP contribution in [0.2, 0.25) is 5.02 Å². The predicted molar refractivity (Wildman–Crippen MR) is 92.8 cm³/mol. The van der Waals surface area contributed by atoms with E-state index in [2.05, 4.69) is 5.32 Å². The van der Waals surface area contributed by atoms with Crippen LogP contribution in [0, 0.1) is 0 Å². The second kappa shape index (κ2) is 8.31. The summed E-state index contributed by atoms with van der Waals surface area (Å²) in [7, 11) is 1.45. The zero-order valence-electron chi connectivity index (χ0n) is 14.1. The van der Waals surface area contributed by atoms with Gasteiger partial charge in [-0.3, -0.25) is 4.79 Å². The Hall–Kier alpha value is -2.41. The Kier molecular flexibility index (Phi) is 6.37. The number of methoxy groups -OCH3 is 1. The number of para-hydroxylation sites is 2. The van der Waals surface area contributed by atoms with Crippen LogP contribution < -0.4 is 14.8 Å². The number of halogens is 4. The highest BCUT2D eigenvalue weighted by Gasteiger charge is 2.35. The maximum absolute atomic E-state index is 13.1. The highest BCUT2D eigenvalue weighted by Crippen LogP contribution is 2.36. The molecule has 0 heterocycles. The van der Waals surface area contributed by atoms with Crippen LogP contribution in [-0.4, -0.2) is 19.1 Å². The van der Waals surface area contributed by atoms with Crippen molar-refractivity contribution in [2.24, 2.45) is 0 Å². The van der Waals surface area contributed by atoms with Crippen LogP contribution in [0.15, 0.2) is 42.5 Å². The van der Waals surface area contributed by atoms with E-state index in [9.17, 15) is 18.0 Å². The first-order valence-electron chi connectivity index (χ1n) is 7.73. The van der Waals surface area contributed by atoms with Crippen LogP contribution in [0.4, 0.5) is 18.9 Å². The molecule has 8 heteroatoms. The Balaban J connectivity index is 2.23. The molecule has 1 amide bonds. The third-order valence-corrected chi connectivity index (χ3v) is 3.78. The van der Waals surface area contributed by atoms with Gasteiger partial charge in [-0.2, -0.15) is 13.2 Å². The number of rotatable bonds is 6. The van der Waals surface area contributed by atoms with Crippen molar-refractivity contribution in [3.05, 3.63) is 53.1 Å². The molecule has 0 saturated heterocycles. The minimum absolute atomic E-state index is 0.0763. The lowest BCUT2D eigenvalue weighted by Gasteiger charge is -2.20. The van der Waals surface area contributed by atoms with E-state index >= 15 is 0 Å². The molecule has 0 radical (unpaired) electrons. The normalized spacial score (nSPS) is 12.4. The van der Waals surface area contributed by atoms with Gasteiger partial charge < -0.3 is 14.8 Å². The van der Waals surface area contributed by atoms with Crippen molar-refractivity contribution in [2.75, 3.05) is 12.4 Å². The number of hydrogen-bond donors (Lipinski definition) is 1. The van der Waals surface area contributed by atoms with E-state index < -0.39 is 23.8 Å². The number of carbonyl (C=O) groups is 1. The van der Waals surface area contributed by atoms with Crippen molar-refractivity contribution < 1.29 is 27.4 Å². The maximum Gasteiger partial charge on any atom is 0.418 e. The lowest BCUT2D eigenvalue weighted by molar-refractivity contribution is -0.137. The molecular weight excluding hydrogens is 371 g/mol. The van der Waals surface area contributed by atoms with E-state index in [1.165, 1.54) is 13.2 Å². The molecule has 2 aromatic carbocycles. The molecule has 0 aliphatic rings. The van der Waals surface area contributed by atoms with Gasteiger partial charge in [-0.25, -0.2) is 0 Å². The summed E-state index contributed by atoms with van der Waals surface area (Å²) in [5.74, 6) is 0.0385. The predicted octanol–water partition coefficient (Wildman–Crippen LogP) is 5.16. The molecule has 0 aliphatic heterocycles. The Morgan fingerprint density at radius 2 is 1.85 bits per heavy atom. The van der Waals surface area contributed by atoms with Gasteiger partial charge in [0.2, 0.25) is 0 Å². The summed E-state index contributed by atoms with van der Waals surface area (Å²) in [5, 5.41) is 2.19. The average Bonchev–Trinajstić information content (AvgIpc) is 2.60. The van der Waals surface area contributed by atoms with Gasteiger partial charge in [0.1, 0.15) is 0 Å². The van der Waals surface area contributed by atoms with Gasteiger partial charge in [0.05, 0.1) is 18.4 Å². The summed E-state index contributed by atoms with van der Waals surface area (Å²) >= 11 is 5.64. The summed E-state index contributed by atoms with van der Waals surface area (Å²) in [6.07, 6.45) is -5.40. The molecule has 1 unspecified atom stereocenters. The Morgan fingerprint density at radius 1 is 1.19 bits per heavy atom. The van der Waals surface area contributed by atoms with Crippen molar-refractivity contribution in [3.8, 4) is 11.5 Å². The highest BCUT2D eigenvalue weighted by molar-refractivity contribution is 6.30. The molecule has 0 saturated carbocycles. The van der Waals surface area contributed by atoms with Crippen LogP contribution in [0.25, 0.3) is 0 Å². The van der Waals surface area contributed by atoms with Crippen LogP contribution in [0.3, 0.4) is 0 Å². The van der Waals surface area contributed by atoms with E-state index in [1.54, 1.807) is 31.2 Å². The van der Waals surface area contributed by atoms with Gasteiger partial charge in [0.25, 0.3) is 5.91 Å². The number of carbonyl (C=O) groups excluding carboxylic acids is 1. The second-order valence-electron chi connectivity index (χ2n) is 5.34. The fourth-order valence-electron chi connectivity index (χ4n) is 2.26. The fourth-order valence-corrected chi connectivity index (χ4v) is 2.44. The second-order valence-corrected chi connectivity index (χ2v) is 5.78. The van der Waals surface area contributed by atoms with Crippen molar-refractivity contribution >= 4 is 23.2 Å². The average molecular weight is 388 g/mol. The number of benzene rings is 2. The number of ether oxygens (including phenoxy) is 2. The van der Waals surface area contributed by atoms with E-state index in [0.29, 0.717) is 11.5 Å². The van der Waals surface area contributed by atoms with Crippen LogP contribution in [0.5, 0.6) is 11.5 Å². The van der Waals surface area contributed by atoms with E-state index in [1.807, 2.05) is 0 Å². The molecule has 2 rings (SSSR count). The quantitative estimate of drug-likeness (QED) is 0.744. The molecular formula is C18H17ClF3NO3. The first-order chi connectivity index (χ1) is 12.3. The smallest absolute Gasteiger partial charge is 0.418 e. The van der Waals surface area contributed by atoms with Crippen LogP contribution in [0.1, 0.15) is 18.9 Å². The Labute approximate surface area is 153 Å². The highest BCUT2D eigenvalue weighted by atomic mass is 35.5. The Morgan fingerprint density at radius 3 is 2.42 bits per heavy atom. The van der Waals surface area contributed by atoms with Crippen molar-refractivity contribution in [3.63, 3.8) is 0 Å². The maximum atomic E-state index is 13.1. The third-order valence-electron chi connectivity index (χ3n) is 3.55. The summed E-state index contributed by atoms with van der Waals surface area (Å²) in [6.45, 7) is 1.69. The monoisotopic (exact) mass is 387 g/mol. The molecule has 1 atom stereocenters. The minimum Gasteiger partial charge on any atom is -0.493 e. The van der Waals surface area contributed by atoms with Crippen LogP contribution >= 0.6 is 11.6 Å². The molecule has 1 N–H and O–H groups in total. The fraction of sp³-hybridized carbons (Fsp3) is 0.278. The zero-order valence-corrected chi connectivity index (χ0v) is 14.8. The largest absolute Gasteiger partial charge is 0.493 e. The minimum atomic E-state index is -4.65. The lowest BCUT2D eigenvalue weighted by Crippen LogP contribution is -2.33. The molecule has 0 bridgehead atoms. The summed E-state index contributed by atoms with van der Waals surface area (Å²) in [4.78, 5) is 12.4. The van der Waals surface area contributed by atoms with Crippen molar-refractivity contribution in [1.82, 2.24) is 0 Å². The van der Waals surface area contributed by atoms with E-state index in [4.69, 9.17) is 21.1 Å². The molecule has 26 heavy (non-hydrogen) atoms.